The Morgan fingerprint density at radius 3 is 2.96 bits per heavy atom. The predicted octanol–water partition coefficient (Wildman–Crippen LogP) is 4.84. The minimum absolute atomic E-state index is 0.621. The molecule has 4 rings (SSSR count). The van der Waals surface area contributed by atoms with Gasteiger partial charge in [-0.25, -0.2) is 4.68 Å². The molecule has 6 heteroatoms. The first-order chi connectivity index (χ1) is 12.8. The topological polar surface area (TPSA) is 52.0 Å². The van der Waals surface area contributed by atoms with E-state index in [1.807, 2.05) is 42.1 Å². The lowest BCUT2D eigenvalue weighted by Crippen LogP contribution is -2.08. The molecule has 0 saturated heterocycles. The summed E-state index contributed by atoms with van der Waals surface area (Å²) in [5.41, 5.74) is 4.20. The third-order valence-electron chi connectivity index (χ3n) is 4.50. The van der Waals surface area contributed by atoms with Crippen LogP contribution < -0.4 is 10.1 Å². The molecule has 0 spiro atoms. The van der Waals surface area contributed by atoms with E-state index in [2.05, 4.69) is 32.3 Å². The van der Waals surface area contributed by atoms with E-state index in [9.17, 15) is 0 Å². The van der Waals surface area contributed by atoms with Gasteiger partial charge < -0.3 is 10.1 Å². The molecule has 5 nitrogen and oxygen atoms in total. The maximum absolute atomic E-state index is 5.84. The minimum atomic E-state index is 0.621. The quantitative estimate of drug-likeness (QED) is 0.665. The lowest BCUT2D eigenvalue weighted by Gasteiger charge is -2.13. The number of para-hydroxylation sites is 2. The number of fused-ring (bicyclic) bond motifs is 1. The highest BCUT2D eigenvalue weighted by molar-refractivity contribution is 9.10. The second-order valence-electron chi connectivity index (χ2n) is 6.26. The molecule has 26 heavy (non-hydrogen) atoms. The molecule has 0 radical (unpaired) electrons. The Balaban J connectivity index is 1.91. The smallest absolute Gasteiger partial charge is 0.145 e. The van der Waals surface area contributed by atoms with Crippen molar-refractivity contribution in [2.75, 3.05) is 18.5 Å². The van der Waals surface area contributed by atoms with Crippen molar-refractivity contribution in [3.63, 3.8) is 0 Å². The Bertz CT molecular complexity index is 922. The van der Waals surface area contributed by atoms with E-state index in [1.165, 1.54) is 5.56 Å². The molecule has 1 N–H and O–H groups in total. The van der Waals surface area contributed by atoms with Gasteiger partial charge in [0.1, 0.15) is 17.3 Å². The molecular formula is C20H21BrN4O. The Morgan fingerprint density at radius 2 is 2.12 bits per heavy atom. The van der Waals surface area contributed by atoms with Crippen molar-refractivity contribution in [1.29, 1.82) is 0 Å². The van der Waals surface area contributed by atoms with E-state index in [0.29, 0.717) is 6.61 Å². The van der Waals surface area contributed by atoms with Gasteiger partial charge in [-0.3, -0.25) is 4.98 Å². The number of hydrogen-bond acceptors (Lipinski definition) is 4. The number of rotatable bonds is 4. The number of halogens is 1. The first kappa shape index (κ1) is 17.1. The molecule has 0 bridgehead atoms. The molecule has 1 aliphatic rings. The van der Waals surface area contributed by atoms with Crippen molar-refractivity contribution in [2.45, 2.75) is 26.2 Å². The van der Waals surface area contributed by atoms with Crippen LogP contribution in [0.2, 0.25) is 0 Å². The standard InChI is InChI=1S/C20H21BrN4O/c1-2-26-18-9-4-3-8-17(18)25-20-16(7-5-6-10-23-20)19(24-25)14-11-15(21)13-22-12-14/h3-4,8-9,11-13,23H,2,5-7,10H2,1H3. The van der Waals surface area contributed by atoms with E-state index in [4.69, 9.17) is 9.84 Å². The maximum atomic E-state index is 5.84. The number of benzene rings is 1. The predicted molar refractivity (Wildman–Crippen MR) is 107 cm³/mol. The Labute approximate surface area is 161 Å². The fourth-order valence-electron chi connectivity index (χ4n) is 3.36. The van der Waals surface area contributed by atoms with Gasteiger partial charge in [0.2, 0.25) is 0 Å². The molecule has 1 aromatic carbocycles. The van der Waals surface area contributed by atoms with Crippen LogP contribution in [0.3, 0.4) is 0 Å². The van der Waals surface area contributed by atoms with E-state index >= 15 is 0 Å². The molecule has 0 fully saturated rings. The Hall–Kier alpha value is -2.34. The van der Waals surface area contributed by atoms with Crippen molar-refractivity contribution < 1.29 is 4.74 Å². The Kier molecular flexibility index (Phi) is 4.93. The van der Waals surface area contributed by atoms with Gasteiger partial charge in [0.25, 0.3) is 0 Å². The summed E-state index contributed by atoms with van der Waals surface area (Å²) in [6.07, 6.45) is 6.96. The largest absolute Gasteiger partial charge is 0.492 e. The van der Waals surface area contributed by atoms with Gasteiger partial charge in [-0.1, -0.05) is 12.1 Å². The summed E-state index contributed by atoms with van der Waals surface area (Å²) in [6, 6.07) is 10.1. The van der Waals surface area contributed by atoms with Crippen LogP contribution in [0.4, 0.5) is 5.82 Å². The van der Waals surface area contributed by atoms with Crippen molar-refractivity contribution >= 4 is 21.7 Å². The summed E-state index contributed by atoms with van der Waals surface area (Å²) in [7, 11) is 0. The fraction of sp³-hybridized carbons (Fsp3) is 0.300. The van der Waals surface area contributed by atoms with Crippen LogP contribution in [0, 0.1) is 0 Å². The number of nitrogens with one attached hydrogen (secondary N) is 1. The summed E-state index contributed by atoms with van der Waals surface area (Å²) in [6.45, 7) is 3.57. The van der Waals surface area contributed by atoms with Gasteiger partial charge in [0.15, 0.2) is 0 Å². The zero-order valence-electron chi connectivity index (χ0n) is 14.7. The molecule has 2 aromatic heterocycles. The third kappa shape index (κ3) is 3.21. The summed E-state index contributed by atoms with van der Waals surface area (Å²) in [5.74, 6) is 1.90. The molecule has 0 atom stereocenters. The second kappa shape index (κ2) is 7.50. The van der Waals surface area contributed by atoms with Gasteiger partial charge in [0.05, 0.1) is 12.3 Å². The average molecular weight is 413 g/mol. The summed E-state index contributed by atoms with van der Waals surface area (Å²) < 4.78 is 8.78. The number of anilines is 1. The van der Waals surface area contributed by atoms with Crippen LogP contribution in [-0.4, -0.2) is 27.9 Å². The third-order valence-corrected chi connectivity index (χ3v) is 4.93. The van der Waals surface area contributed by atoms with E-state index in [0.717, 1.165) is 58.8 Å². The van der Waals surface area contributed by atoms with Crippen molar-refractivity contribution in [1.82, 2.24) is 14.8 Å². The van der Waals surface area contributed by atoms with Gasteiger partial charge in [-0.15, -0.1) is 0 Å². The van der Waals surface area contributed by atoms with Gasteiger partial charge in [-0.2, -0.15) is 5.10 Å². The molecule has 3 aromatic rings. The van der Waals surface area contributed by atoms with Crippen LogP contribution in [0.1, 0.15) is 25.3 Å². The van der Waals surface area contributed by atoms with Crippen molar-refractivity contribution in [3.8, 4) is 22.7 Å². The van der Waals surface area contributed by atoms with Crippen LogP contribution in [0.15, 0.2) is 47.2 Å². The fourth-order valence-corrected chi connectivity index (χ4v) is 3.72. The molecule has 0 amide bonds. The maximum Gasteiger partial charge on any atom is 0.145 e. The number of nitrogens with zero attached hydrogens (tertiary/aromatic N) is 3. The summed E-state index contributed by atoms with van der Waals surface area (Å²) in [5, 5.41) is 8.55. The summed E-state index contributed by atoms with van der Waals surface area (Å²) in [4.78, 5) is 4.32. The second-order valence-corrected chi connectivity index (χ2v) is 7.18. The first-order valence-electron chi connectivity index (χ1n) is 8.97. The van der Waals surface area contributed by atoms with Gasteiger partial charge in [-0.05, 0) is 60.3 Å². The Morgan fingerprint density at radius 1 is 1.23 bits per heavy atom. The van der Waals surface area contributed by atoms with E-state index < -0.39 is 0 Å². The highest BCUT2D eigenvalue weighted by Crippen LogP contribution is 2.36. The first-order valence-corrected chi connectivity index (χ1v) is 9.76. The van der Waals surface area contributed by atoms with Crippen molar-refractivity contribution in [2.24, 2.45) is 0 Å². The molecular weight excluding hydrogens is 392 g/mol. The van der Waals surface area contributed by atoms with E-state index in [-0.39, 0.29) is 0 Å². The number of pyridine rings is 1. The molecule has 3 heterocycles. The van der Waals surface area contributed by atoms with Crippen LogP contribution in [0.5, 0.6) is 5.75 Å². The zero-order chi connectivity index (χ0) is 17.9. The lowest BCUT2D eigenvalue weighted by atomic mass is 10.1. The minimum Gasteiger partial charge on any atom is -0.492 e. The zero-order valence-corrected chi connectivity index (χ0v) is 16.3. The SMILES string of the molecule is CCOc1ccccc1-n1nc(-c2cncc(Br)c2)c2c1NCCCC2. The van der Waals surface area contributed by atoms with Crippen LogP contribution in [0.25, 0.3) is 16.9 Å². The van der Waals surface area contributed by atoms with E-state index in [1.54, 1.807) is 6.20 Å². The van der Waals surface area contributed by atoms with Crippen LogP contribution >= 0.6 is 15.9 Å². The van der Waals surface area contributed by atoms with Gasteiger partial charge >= 0.3 is 0 Å². The average Bonchev–Trinajstić information content (AvgIpc) is 2.84. The molecule has 134 valence electrons. The number of ether oxygens (including phenoxy) is 1. The monoisotopic (exact) mass is 412 g/mol. The summed E-state index contributed by atoms with van der Waals surface area (Å²) >= 11 is 3.52. The lowest BCUT2D eigenvalue weighted by molar-refractivity contribution is 0.338. The van der Waals surface area contributed by atoms with Crippen LogP contribution in [-0.2, 0) is 6.42 Å². The highest BCUT2D eigenvalue weighted by Gasteiger charge is 2.23. The van der Waals surface area contributed by atoms with Crippen molar-refractivity contribution in [3.05, 3.63) is 52.8 Å². The molecule has 0 saturated carbocycles. The molecule has 0 unspecified atom stereocenters. The molecule has 0 aliphatic carbocycles. The highest BCUT2D eigenvalue weighted by atomic mass is 79.9. The number of aromatic nitrogens is 3. The number of hydrogen-bond donors (Lipinski definition) is 1. The molecule has 1 aliphatic heterocycles. The normalized spacial score (nSPS) is 13.6. The van der Waals surface area contributed by atoms with Gasteiger partial charge in [0, 0.05) is 34.5 Å².